The van der Waals surface area contributed by atoms with Gasteiger partial charge in [-0.3, -0.25) is 4.79 Å². The lowest BCUT2D eigenvalue weighted by molar-refractivity contribution is 0.0607. The number of nitriles is 1. The second-order valence-corrected chi connectivity index (χ2v) is 6.55. The molecule has 1 aromatic heterocycles. The molecule has 1 saturated heterocycles. The standard InChI is InChI=1S/C13H16FN5O3S/c14-11-9(7-15)4-5-17-12(11)13(20)19-6-2-1-3-10(19)8-18-23(16,21)22/h4-5,10,18H,1-3,6,8H2,(H2,16,21,22). The van der Waals surface area contributed by atoms with Crippen molar-refractivity contribution in [2.24, 2.45) is 5.14 Å². The second kappa shape index (κ2) is 6.99. The van der Waals surface area contributed by atoms with Crippen LogP contribution in [0, 0.1) is 17.1 Å². The molecule has 1 aliphatic heterocycles. The summed E-state index contributed by atoms with van der Waals surface area (Å²) in [4.78, 5) is 17.6. The molecule has 0 aliphatic carbocycles. The Balaban J connectivity index is 2.23. The molecule has 1 fully saturated rings. The van der Waals surface area contributed by atoms with Crippen LogP contribution in [0.4, 0.5) is 4.39 Å². The molecular weight excluding hydrogens is 325 g/mol. The maximum atomic E-state index is 14.1. The molecule has 1 aliphatic rings. The number of amides is 1. The van der Waals surface area contributed by atoms with Crippen LogP contribution < -0.4 is 9.86 Å². The summed E-state index contributed by atoms with van der Waals surface area (Å²) in [6.07, 6.45) is 3.29. The third kappa shape index (κ3) is 4.22. The lowest BCUT2D eigenvalue weighted by Gasteiger charge is -2.35. The van der Waals surface area contributed by atoms with Crippen molar-refractivity contribution in [3.63, 3.8) is 0 Å². The highest BCUT2D eigenvalue weighted by atomic mass is 32.2. The summed E-state index contributed by atoms with van der Waals surface area (Å²) in [6, 6.07) is 2.40. The van der Waals surface area contributed by atoms with Gasteiger partial charge in [0, 0.05) is 25.3 Å². The van der Waals surface area contributed by atoms with E-state index in [0.29, 0.717) is 13.0 Å². The van der Waals surface area contributed by atoms with Crippen molar-refractivity contribution in [1.29, 1.82) is 5.26 Å². The molecule has 8 nitrogen and oxygen atoms in total. The van der Waals surface area contributed by atoms with Crippen molar-refractivity contribution < 1.29 is 17.6 Å². The third-order valence-corrected chi connectivity index (χ3v) is 4.19. The van der Waals surface area contributed by atoms with Crippen LogP contribution in [0.3, 0.4) is 0 Å². The zero-order valence-electron chi connectivity index (χ0n) is 12.2. The molecule has 1 aromatic rings. The van der Waals surface area contributed by atoms with Gasteiger partial charge in [-0.05, 0) is 25.3 Å². The molecule has 0 spiro atoms. The molecule has 3 N–H and O–H groups in total. The zero-order chi connectivity index (χ0) is 17.0. The SMILES string of the molecule is N#Cc1ccnc(C(=O)N2CCCCC2CNS(N)(=O)=O)c1F. The summed E-state index contributed by atoms with van der Waals surface area (Å²) in [5.41, 5.74) is -0.703. The largest absolute Gasteiger partial charge is 0.333 e. The number of rotatable bonds is 4. The van der Waals surface area contributed by atoms with Crippen molar-refractivity contribution in [1.82, 2.24) is 14.6 Å². The second-order valence-electron chi connectivity index (χ2n) is 5.17. The lowest BCUT2D eigenvalue weighted by Crippen LogP contribution is -2.50. The fraction of sp³-hybridized carbons (Fsp3) is 0.462. The van der Waals surface area contributed by atoms with E-state index in [-0.39, 0.29) is 12.1 Å². The van der Waals surface area contributed by atoms with Gasteiger partial charge < -0.3 is 4.90 Å². The molecule has 1 amide bonds. The van der Waals surface area contributed by atoms with E-state index in [1.165, 1.54) is 17.2 Å². The summed E-state index contributed by atoms with van der Waals surface area (Å²) < 4.78 is 38.3. The number of pyridine rings is 1. The van der Waals surface area contributed by atoms with Crippen LogP contribution >= 0.6 is 0 Å². The van der Waals surface area contributed by atoms with E-state index < -0.39 is 33.7 Å². The minimum atomic E-state index is -3.88. The van der Waals surface area contributed by atoms with E-state index in [4.69, 9.17) is 10.4 Å². The summed E-state index contributed by atoms with van der Waals surface area (Å²) in [5, 5.41) is 13.7. The smallest absolute Gasteiger partial charge is 0.275 e. The number of nitrogens with zero attached hydrogens (tertiary/aromatic N) is 3. The predicted molar refractivity (Wildman–Crippen MR) is 78.7 cm³/mol. The average molecular weight is 341 g/mol. The van der Waals surface area contributed by atoms with Crippen molar-refractivity contribution in [2.45, 2.75) is 25.3 Å². The quantitative estimate of drug-likeness (QED) is 0.789. The van der Waals surface area contributed by atoms with E-state index in [9.17, 15) is 17.6 Å². The fourth-order valence-electron chi connectivity index (χ4n) is 2.51. The molecule has 2 heterocycles. The van der Waals surface area contributed by atoms with Crippen LogP contribution in [0.1, 0.15) is 35.3 Å². The number of carbonyl (C=O) groups excluding carboxylic acids is 1. The first kappa shape index (κ1) is 17.3. The number of nitrogens with two attached hydrogens (primary N) is 1. The van der Waals surface area contributed by atoms with Crippen LogP contribution in [0.5, 0.6) is 0 Å². The van der Waals surface area contributed by atoms with Gasteiger partial charge in [-0.25, -0.2) is 19.2 Å². The van der Waals surface area contributed by atoms with E-state index in [1.54, 1.807) is 6.07 Å². The van der Waals surface area contributed by atoms with Crippen LogP contribution in [0.2, 0.25) is 0 Å². The van der Waals surface area contributed by atoms with Crippen molar-refractivity contribution >= 4 is 16.1 Å². The maximum absolute atomic E-state index is 14.1. The summed E-state index contributed by atoms with van der Waals surface area (Å²) in [6.45, 7) is 0.303. The average Bonchev–Trinajstić information content (AvgIpc) is 2.52. The first-order chi connectivity index (χ1) is 10.8. The van der Waals surface area contributed by atoms with Crippen molar-refractivity contribution in [3.8, 4) is 6.07 Å². The molecule has 0 bridgehead atoms. The summed E-state index contributed by atoms with van der Waals surface area (Å²) in [5.74, 6) is -1.63. The Morgan fingerprint density at radius 3 is 2.96 bits per heavy atom. The van der Waals surface area contributed by atoms with Crippen LogP contribution in [-0.4, -0.2) is 43.3 Å². The molecule has 2 rings (SSSR count). The van der Waals surface area contributed by atoms with Crippen LogP contribution in [-0.2, 0) is 10.2 Å². The zero-order valence-corrected chi connectivity index (χ0v) is 13.0. The Morgan fingerprint density at radius 2 is 2.30 bits per heavy atom. The van der Waals surface area contributed by atoms with Gasteiger partial charge in [0.25, 0.3) is 16.1 Å². The molecule has 124 valence electrons. The van der Waals surface area contributed by atoms with Crippen LogP contribution in [0.25, 0.3) is 0 Å². The number of hydrogen-bond donors (Lipinski definition) is 2. The predicted octanol–water partition coefficient (Wildman–Crippen LogP) is -0.120. The minimum absolute atomic E-state index is 0.0515. The highest BCUT2D eigenvalue weighted by Crippen LogP contribution is 2.20. The third-order valence-electron chi connectivity index (χ3n) is 3.62. The highest BCUT2D eigenvalue weighted by molar-refractivity contribution is 7.87. The number of carbonyl (C=O) groups is 1. The molecule has 1 unspecified atom stereocenters. The minimum Gasteiger partial charge on any atom is -0.333 e. The number of hydrogen-bond acceptors (Lipinski definition) is 5. The van der Waals surface area contributed by atoms with Crippen LogP contribution in [0.15, 0.2) is 12.3 Å². The highest BCUT2D eigenvalue weighted by Gasteiger charge is 2.30. The van der Waals surface area contributed by atoms with Gasteiger partial charge in [-0.2, -0.15) is 13.7 Å². The Hall–Kier alpha value is -2.09. The number of aromatic nitrogens is 1. The summed E-state index contributed by atoms with van der Waals surface area (Å²) >= 11 is 0. The molecule has 23 heavy (non-hydrogen) atoms. The normalized spacial score (nSPS) is 18.5. The van der Waals surface area contributed by atoms with Crippen molar-refractivity contribution in [2.75, 3.05) is 13.1 Å². The van der Waals surface area contributed by atoms with E-state index >= 15 is 0 Å². The Kier molecular flexibility index (Phi) is 5.25. The molecule has 1 atom stereocenters. The van der Waals surface area contributed by atoms with E-state index in [2.05, 4.69) is 9.71 Å². The topological polar surface area (TPSA) is 129 Å². The first-order valence-corrected chi connectivity index (χ1v) is 8.51. The van der Waals surface area contributed by atoms with Gasteiger partial charge in [0.15, 0.2) is 11.5 Å². The van der Waals surface area contributed by atoms with E-state index in [1.807, 2.05) is 0 Å². The number of halogens is 1. The molecule has 0 saturated carbocycles. The van der Waals surface area contributed by atoms with Gasteiger partial charge in [0.2, 0.25) is 0 Å². The van der Waals surface area contributed by atoms with Gasteiger partial charge in [-0.1, -0.05) is 0 Å². The van der Waals surface area contributed by atoms with Gasteiger partial charge in [-0.15, -0.1) is 0 Å². The van der Waals surface area contributed by atoms with Gasteiger partial charge >= 0.3 is 0 Å². The van der Waals surface area contributed by atoms with E-state index in [0.717, 1.165) is 12.8 Å². The molecular formula is C13H16FN5O3S. The fourth-order valence-corrected chi connectivity index (χ4v) is 2.93. The maximum Gasteiger partial charge on any atom is 0.275 e. The Bertz CT molecular complexity index is 746. The Labute approximate surface area is 133 Å². The van der Waals surface area contributed by atoms with Gasteiger partial charge in [0.05, 0.1) is 5.56 Å². The molecule has 10 heteroatoms. The van der Waals surface area contributed by atoms with Crippen molar-refractivity contribution in [3.05, 3.63) is 29.3 Å². The monoisotopic (exact) mass is 341 g/mol. The molecule has 0 aromatic carbocycles. The first-order valence-electron chi connectivity index (χ1n) is 6.96. The number of likely N-dealkylation sites (tertiary alicyclic amines) is 1. The van der Waals surface area contributed by atoms with Gasteiger partial charge in [0.1, 0.15) is 6.07 Å². The lowest BCUT2D eigenvalue weighted by atomic mass is 10.0. The number of nitrogens with one attached hydrogen (secondary N) is 1. The molecule has 0 radical (unpaired) electrons. The summed E-state index contributed by atoms with van der Waals surface area (Å²) in [7, 11) is -3.88. The number of piperidine rings is 1. The Morgan fingerprint density at radius 1 is 1.57 bits per heavy atom.